The van der Waals surface area contributed by atoms with Gasteiger partial charge in [0.2, 0.25) is 0 Å². The number of hydrogen-bond acceptors (Lipinski definition) is 1. The minimum Gasteiger partial charge on any atom is -0.330 e. The van der Waals surface area contributed by atoms with Gasteiger partial charge in [-0.3, -0.25) is 0 Å². The molecule has 0 aliphatic rings. The molecule has 0 spiro atoms. The Morgan fingerprint density at radius 3 is 2.43 bits per heavy atom. The average Bonchev–Trinajstić information content (AvgIpc) is 2.15. The number of nitrogens with two attached hydrogens (primary N) is 1. The summed E-state index contributed by atoms with van der Waals surface area (Å²) >= 11 is 0. The van der Waals surface area contributed by atoms with E-state index in [-0.39, 0.29) is 18.0 Å². The van der Waals surface area contributed by atoms with E-state index in [0.29, 0.717) is 12.5 Å². The van der Waals surface area contributed by atoms with Crippen LogP contribution in [0.15, 0.2) is 12.1 Å². The van der Waals surface area contributed by atoms with Crippen LogP contribution in [-0.4, -0.2) is 6.54 Å². The molecule has 0 radical (unpaired) electrons. The van der Waals surface area contributed by atoms with Crippen molar-refractivity contribution in [2.24, 2.45) is 5.73 Å². The fourth-order valence-electron chi connectivity index (χ4n) is 1.39. The minimum absolute atomic E-state index is 0.0208. The van der Waals surface area contributed by atoms with Gasteiger partial charge < -0.3 is 5.73 Å². The molecule has 0 fully saturated rings. The lowest BCUT2D eigenvalue weighted by Gasteiger charge is -2.13. The van der Waals surface area contributed by atoms with Gasteiger partial charge in [-0.2, -0.15) is 0 Å². The standard InChI is InChI=1S/C10H12F3N/c1-2-6(5-14)8-3-7(11)4-9(12)10(8)13/h3-4,6H,2,5,14H2,1H3. The van der Waals surface area contributed by atoms with E-state index in [1.165, 1.54) is 0 Å². The molecule has 14 heavy (non-hydrogen) atoms. The predicted octanol–water partition coefficient (Wildman–Crippen LogP) is 2.56. The molecule has 1 atom stereocenters. The maximum absolute atomic E-state index is 13.2. The summed E-state index contributed by atoms with van der Waals surface area (Å²) in [5.74, 6) is -3.26. The lowest BCUT2D eigenvalue weighted by Crippen LogP contribution is -2.14. The Hall–Kier alpha value is -1.03. The van der Waals surface area contributed by atoms with Gasteiger partial charge >= 0.3 is 0 Å². The second kappa shape index (κ2) is 4.46. The molecule has 0 amide bonds. The highest BCUT2D eigenvalue weighted by Crippen LogP contribution is 2.24. The Morgan fingerprint density at radius 2 is 1.93 bits per heavy atom. The first kappa shape index (κ1) is 11.0. The number of halogens is 3. The molecule has 1 rings (SSSR count). The van der Waals surface area contributed by atoms with Gasteiger partial charge in [-0.25, -0.2) is 13.2 Å². The van der Waals surface area contributed by atoms with Gasteiger partial charge in [0.25, 0.3) is 0 Å². The highest BCUT2D eigenvalue weighted by atomic mass is 19.2. The van der Waals surface area contributed by atoms with Crippen molar-refractivity contribution in [3.05, 3.63) is 35.1 Å². The van der Waals surface area contributed by atoms with Crippen LogP contribution in [0.3, 0.4) is 0 Å². The van der Waals surface area contributed by atoms with E-state index in [4.69, 9.17) is 5.73 Å². The van der Waals surface area contributed by atoms with E-state index in [0.717, 1.165) is 6.07 Å². The van der Waals surface area contributed by atoms with E-state index < -0.39 is 17.5 Å². The van der Waals surface area contributed by atoms with Crippen LogP contribution in [-0.2, 0) is 0 Å². The topological polar surface area (TPSA) is 26.0 Å². The van der Waals surface area contributed by atoms with Crippen molar-refractivity contribution in [1.29, 1.82) is 0 Å². The largest absolute Gasteiger partial charge is 0.330 e. The van der Waals surface area contributed by atoms with E-state index in [9.17, 15) is 13.2 Å². The molecular weight excluding hydrogens is 191 g/mol. The van der Waals surface area contributed by atoms with Gasteiger partial charge in [0.1, 0.15) is 5.82 Å². The molecule has 0 saturated carbocycles. The van der Waals surface area contributed by atoms with Crippen LogP contribution < -0.4 is 5.73 Å². The molecule has 4 heteroatoms. The molecule has 0 aliphatic heterocycles. The van der Waals surface area contributed by atoms with Gasteiger partial charge in [0.15, 0.2) is 11.6 Å². The SMILES string of the molecule is CCC(CN)c1cc(F)cc(F)c1F. The van der Waals surface area contributed by atoms with E-state index >= 15 is 0 Å². The summed E-state index contributed by atoms with van der Waals surface area (Å²) in [7, 11) is 0. The van der Waals surface area contributed by atoms with Gasteiger partial charge in [-0.15, -0.1) is 0 Å². The number of benzene rings is 1. The number of hydrogen-bond donors (Lipinski definition) is 1. The van der Waals surface area contributed by atoms with Gasteiger partial charge in [0.05, 0.1) is 0 Å². The quantitative estimate of drug-likeness (QED) is 0.750. The Balaban J connectivity index is 3.18. The zero-order chi connectivity index (χ0) is 10.7. The van der Waals surface area contributed by atoms with Crippen LogP contribution in [0.25, 0.3) is 0 Å². The van der Waals surface area contributed by atoms with Crippen molar-refractivity contribution in [2.75, 3.05) is 6.54 Å². The predicted molar refractivity (Wildman–Crippen MR) is 48.4 cm³/mol. The maximum atomic E-state index is 13.2. The summed E-state index contributed by atoms with van der Waals surface area (Å²) < 4.78 is 38.8. The lowest BCUT2D eigenvalue weighted by molar-refractivity contribution is 0.472. The molecule has 78 valence electrons. The first-order valence-corrected chi connectivity index (χ1v) is 4.44. The summed E-state index contributed by atoms with van der Waals surface area (Å²) in [5, 5.41) is 0. The van der Waals surface area contributed by atoms with Crippen molar-refractivity contribution in [3.63, 3.8) is 0 Å². The van der Waals surface area contributed by atoms with E-state index in [1.807, 2.05) is 0 Å². The maximum Gasteiger partial charge on any atom is 0.162 e. The van der Waals surface area contributed by atoms with Gasteiger partial charge in [-0.05, 0) is 30.5 Å². The second-order valence-corrected chi connectivity index (χ2v) is 3.13. The van der Waals surface area contributed by atoms with Crippen LogP contribution in [0.4, 0.5) is 13.2 Å². The third-order valence-electron chi connectivity index (χ3n) is 2.24. The third-order valence-corrected chi connectivity index (χ3v) is 2.24. The van der Waals surface area contributed by atoms with Gasteiger partial charge in [-0.1, -0.05) is 6.92 Å². The first-order valence-electron chi connectivity index (χ1n) is 4.44. The summed E-state index contributed by atoms with van der Waals surface area (Å²) in [6.45, 7) is 1.97. The summed E-state index contributed by atoms with van der Waals surface area (Å²) in [6.07, 6.45) is 0.552. The lowest BCUT2D eigenvalue weighted by atomic mass is 9.96. The monoisotopic (exact) mass is 203 g/mol. The molecule has 0 saturated heterocycles. The average molecular weight is 203 g/mol. The van der Waals surface area contributed by atoms with Crippen LogP contribution >= 0.6 is 0 Å². The third kappa shape index (κ3) is 2.07. The highest BCUT2D eigenvalue weighted by Gasteiger charge is 2.17. The molecule has 1 unspecified atom stereocenters. The molecule has 0 aromatic heterocycles. The fraction of sp³-hybridized carbons (Fsp3) is 0.400. The molecule has 1 nitrogen and oxygen atoms in total. The molecule has 1 aromatic carbocycles. The summed E-state index contributed by atoms with van der Waals surface area (Å²) in [4.78, 5) is 0. The molecular formula is C10H12F3N. The Kier molecular flexibility index (Phi) is 3.52. The Labute approximate surface area is 80.7 Å². The molecule has 2 N–H and O–H groups in total. The normalized spacial score (nSPS) is 12.9. The van der Waals surface area contributed by atoms with Crippen LogP contribution in [0.2, 0.25) is 0 Å². The zero-order valence-electron chi connectivity index (χ0n) is 7.86. The van der Waals surface area contributed by atoms with Crippen molar-refractivity contribution in [2.45, 2.75) is 19.3 Å². The van der Waals surface area contributed by atoms with Crippen molar-refractivity contribution < 1.29 is 13.2 Å². The molecule has 0 heterocycles. The summed E-state index contributed by atoms with van der Waals surface area (Å²) in [5.41, 5.74) is 5.39. The Bertz CT molecular complexity index is 321. The molecule has 0 bridgehead atoms. The first-order chi connectivity index (χ1) is 6.60. The smallest absolute Gasteiger partial charge is 0.162 e. The van der Waals surface area contributed by atoms with Crippen molar-refractivity contribution in [3.8, 4) is 0 Å². The van der Waals surface area contributed by atoms with E-state index in [2.05, 4.69) is 0 Å². The second-order valence-electron chi connectivity index (χ2n) is 3.13. The summed E-state index contributed by atoms with van der Waals surface area (Å²) in [6, 6.07) is 1.53. The number of rotatable bonds is 3. The molecule has 1 aromatic rings. The van der Waals surface area contributed by atoms with Crippen LogP contribution in [0.5, 0.6) is 0 Å². The zero-order valence-corrected chi connectivity index (χ0v) is 7.86. The fourth-order valence-corrected chi connectivity index (χ4v) is 1.39. The van der Waals surface area contributed by atoms with Crippen molar-refractivity contribution >= 4 is 0 Å². The molecule has 0 aliphatic carbocycles. The van der Waals surface area contributed by atoms with Crippen LogP contribution in [0.1, 0.15) is 24.8 Å². The minimum atomic E-state index is -1.16. The van der Waals surface area contributed by atoms with Crippen LogP contribution in [0, 0.1) is 17.5 Å². The van der Waals surface area contributed by atoms with E-state index in [1.54, 1.807) is 6.92 Å². The van der Waals surface area contributed by atoms with Crippen molar-refractivity contribution in [1.82, 2.24) is 0 Å². The Morgan fingerprint density at radius 1 is 1.29 bits per heavy atom. The van der Waals surface area contributed by atoms with Gasteiger partial charge in [0, 0.05) is 6.07 Å². The highest BCUT2D eigenvalue weighted by molar-refractivity contribution is 5.24.